The number of guanidine groups is 1. The second kappa shape index (κ2) is 11.7. The van der Waals surface area contributed by atoms with Crippen LogP contribution in [-0.2, 0) is 16.4 Å². The predicted octanol–water partition coefficient (Wildman–Crippen LogP) is 2.41. The van der Waals surface area contributed by atoms with Crippen LogP contribution in [0.4, 0.5) is 0 Å². The molecule has 25 heavy (non-hydrogen) atoms. The fourth-order valence-corrected chi connectivity index (χ4v) is 2.65. The van der Waals surface area contributed by atoms with Crippen LogP contribution < -0.4 is 15.8 Å². The van der Waals surface area contributed by atoms with Gasteiger partial charge in [-0.3, -0.25) is 4.99 Å². The Kier molecular flexibility index (Phi) is 11.3. The van der Waals surface area contributed by atoms with Crippen LogP contribution in [0.2, 0.25) is 0 Å². The highest BCUT2D eigenvalue weighted by Crippen LogP contribution is 2.15. The number of primary sulfonamides is 1. The molecule has 1 aromatic rings. The van der Waals surface area contributed by atoms with Crippen molar-refractivity contribution in [1.82, 2.24) is 10.6 Å². The van der Waals surface area contributed by atoms with E-state index in [4.69, 9.17) is 5.14 Å². The summed E-state index contributed by atoms with van der Waals surface area (Å²) >= 11 is 0. The van der Waals surface area contributed by atoms with Gasteiger partial charge in [-0.2, -0.15) is 0 Å². The summed E-state index contributed by atoms with van der Waals surface area (Å²) in [7, 11) is -3.49. The summed E-state index contributed by atoms with van der Waals surface area (Å²) in [4.78, 5) is 4.26. The van der Waals surface area contributed by atoms with Crippen LogP contribution in [0.25, 0.3) is 0 Å². The van der Waals surface area contributed by atoms with E-state index in [1.807, 2.05) is 13.8 Å². The van der Waals surface area contributed by atoms with Crippen molar-refractivity contribution in [2.75, 3.05) is 18.8 Å². The molecular weight excluding hydrogens is 451 g/mol. The van der Waals surface area contributed by atoms with E-state index >= 15 is 0 Å². The first kappa shape index (κ1) is 24.1. The topological polar surface area (TPSA) is 96.6 Å². The molecule has 0 bridgehead atoms. The molecule has 144 valence electrons. The van der Waals surface area contributed by atoms with Gasteiger partial charge in [0.2, 0.25) is 10.0 Å². The van der Waals surface area contributed by atoms with Gasteiger partial charge in [0.1, 0.15) is 0 Å². The van der Waals surface area contributed by atoms with E-state index in [9.17, 15) is 8.42 Å². The maximum Gasteiger partial charge on any atom is 0.210 e. The van der Waals surface area contributed by atoms with E-state index < -0.39 is 10.0 Å². The van der Waals surface area contributed by atoms with E-state index in [-0.39, 0.29) is 42.3 Å². The monoisotopic (exact) mass is 482 g/mol. The predicted molar refractivity (Wildman–Crippen MR) is 116 cm³/mol. The van der Waals surface area contributed by atoms with Crippen LogP contribution >= 0.6 is 24.0 Å². The Bertz CT molecular complexity index is 631. The van der Waals surface area contributed by atoms with Crippen molar-refractivity contribution in [1.29, 1.82) is 0 Å². The number of aliphatic imine (C=N–C) groups is 1. The highest BCUT2D eigenvalue weighted by atomic mass is 127. The van der Waals surface area contributed by atoms with Gasteiger partial charge in [-0.25, -0.2) is 13.6 Å². The molecule has 8 heteroatoms. The Labute approximate surface area is 169 Å². The van der Waals surface area contributed by atoms with Gasteiger partial charge in [-0.15, -0.1) is 24.0 Å². The maximum atomic E-state index is 11.0. The third-order valence-electron chi connectivity index (χ3n) is 3.47. The van der Waals surface area contributed by atoms with E-state index in [0.29, 0.717) is 18.4 Å². The van der Waals surface area contributed by atoms with Crippen LogP contribution in [0, 0.1) is 5.92 Å². The van der Waals surface area contributed by atoms with E-state index in [1.165, 1.54) is 5.56 Å². The summed E-state index contributed by atoms with van der Waals surface area (Å²) in [6, 6.07) is 8.59. The summed E-state index contributed by atoms with van der Waals surface area (Å²) in [6.45, 7) is 9.25. The largest absolute Gasteiger partial charge is 0.357 e. The summed E-state index contributed by atoms with van der Waals surface area (Å²) in [5, 5.41) is 11.4. The number of nitrogens with zero attached hydrogens (tertiary/aromatic N) is 1. The van der Waals surface area contributed by atoms with E-state index in [2.05, 4.69) is 53.7 Å². The summed E-state index contributed by atoms with van der Waals surface area (Å²) < 4.78 is 22.0. The zero-order valence-electron chi connectivity index (χ0n) is 15.5. The van der Waals surface area contributed by atoms with Crippen molar-refractivity contribution < 1.29 is 8.42 Å². The highest BCUT2D eigenvalue weighted by molar-refractivity contribution is 14.0. The third kappa shape index (κ3) is 10.7. The molecule has 0 saturated heterocycles. The quantitative estimate of drug-likeness (QED) is 0.301. The van der Waals surface area contributed by atoms with Gasteiger partial charge in [-0.1, -0.05) is 38.1 Å². The Morgan fingerprint density at radius 2 is 1.80 bits per heavy atom. The van der Waals surface area contributed by atoms with Crippen LogP contribution in [-0.4, -0.2) is 33.2 Å². The maximum absolute atomic E-state index is 11.0. The molecule has 0 heterocycles. The van der Waals surface area contributed by atoms with Crippen molar-refractivity contribution >= 4 is 40.0 Å². The van der Waals surface area contributed by atoms with Crippen LogP contribution in [0.5, 0.6) is 0 Å². The van der Waals surface area contributed by atoms with Crippen LogP contribution in [0.3, 0.4) is 0 Å². The molecule has 4 N–H and O–H groups in total. The van der Waals surface area contributed by atoms with Crippen molar-refractivity contribution in [2.24, 2.45) is 16.0 Å². The average Bonchev–Trinajstić information content (AvgIpc) is 2.46. The number of hydrogen-bond donors (Lipinski definition) is 3. The molecule has 6 nitrogen and oxygen atoms in total. The molecule has 1 unspecified atom stereocenters. The number of sulfonamides is 1. The minimum atomic E-state index is -3.49. The van der Waals surface area contributed by atoms with E-state index in [1.54, 1.807) is 0 Å². The van der Waals surface area contributed by atoms with Gasteiger partial charge in [-0.05, 0) is 37.3 Å². The molecule has 1 aromatic carbocycles. The lowest BCUT2D eigenvalue weighted by Gasteiger charge is -2.18. The van der Waals surface area contributed by atoms with Crippen molar-refractivity contribution in [3.05, 3.63) is 35.4 Å². The molecule has 0 fully saturated rings. The number of nitrogens with two attached hydrogens (primary N) is 1. The van der Waals surface area contributed by atoms with Gasteiger partial charge >= 0.3 is 0 Å². The zero-order chi connectivity index (χ0) is 18.2. The van der Waals surface area contributed by atoms with Crippen molar-refractivity contribution in [3.8, 4) is 0 Å². The Balaban J connectivity index is 0.00000576. The SMILES string of the molecule is CCNC(=NCCS(N)(=O)=O)NC(C)c1ccc(CC(C)C)cc1.I. The van der Waals surface area contributed by atoms with Gasteiger partial charge in [0, 0.05) is 6.54 Å². The van der Waals surface area contributed by atoms with Crippen LogP contribution in [0.1, 0.15) is 44.9 Å². The number of rotatable bonds is 8. The Morgan fingerprint density at radius 3 is 2.28 bits per heavy atom. The molecule has 1 rings (SSSR count). The first-order valence-electron chi connectivity index (χ1n) is 8.35. The number of benzene rings is 1. The third-order valence-corrected chi connectivity index (χ3v) is 4.22. The molecule has 0 radical (unpaired) electrons. The molecule has 0 aliphatic heterocycles. The number of hydrogen-bond acceptors (Lipinski definition) is 3. The average molecular weight is 482 g/mol. The number of nitrogens with one attached hydrogen (secondary N) is 2. The summed E-state index contributed by atoms with van der Waals surface area (Å²) in [5.41, 5.74) is 2.48. The summed E-state index contributed by atoms with van der Waals surface area (Å²) in [6.07, 6.45) is 1.07. The zero-order valence-corrected chi connectivity index (χ0v) is 18.6. The minimum Gasteiger partial charge on any atom is -0.357 e. The lowest BCUT2D eigenvalue weighted by atomic mass is 10.00. The minimum absolute atomic E-state index is 0. The highest BCUT2D eigenvalue weighted by Gasteiger charge is 2.09. The van der Waals surface area contributed by atoms with Crippen molar-refractivity contribution in [2.45, 2.75) is 40.2 Å². The van der Waals surface area contributed by atoms with Crippen LogP contribution in [0.15, 0.2) is 29.3 Å². The standard InChI is InChI=1S/C17H30N4O2S.HI/c1-5-19-17(20-10-11-24(18,22)23)21-14(4)16-8-6-15(7-9-16)12-13(2)3;/h6-9,13-14H,5,10-12H2,1-4H3,(H2,18,22,23)(H2,19,20,21);1H. The second-order valence-electron chi connectivity index (χ2n) is 6.33. The lowest BCUT2D eigenvalue weighted by molar-refractivity contribution is 0.597. The molecule has 0 aromatic heterocycles. The smallest absolute Gasteiger partial charge is 0.210 e. The van der Waals surface area contributed by atoms with Gasteiger partial charge in [0.15, 0.2) is 5.96 Å². The fraction of sp³-hybridized carbons (Fsp3) is 0.588. The van der Waals surface area contributed by atoms with Gasteiger partial charge < -0.3 is 10.6 Å². The first-order valence-corrected chi connectivity index (χ1v) is 10.1. The van der Waals surface area contributed by atoms with Gasteiger partial charge in [0.25, 0.3) is 0 Å². The molecule has 0 amide bonds. The van der Waals surface area contributed by atoms with Crippen molar-refractivity contribution in [3.63, 3.8) is 0 Å². The fourth-order valence-electron chi connectivity index (χ4n) is 2.31. The number of halogens is 1. The second-order valence-corrected chi connectivity index (χ2v) is 8.07. The molecule has 0 aliphatic rings. The Morgan fingerprint density at radius 1 is 1.20 bits per heavy atom. The normalized spacial score (nSPS) is 13.3. The summed E-state index contributed by atoms with van der Waals surface area (Å²) in [5.74, 6) is 1.06. The molecule has 1 atom stereocenters. The van der Waals surface area contributed by atoms with Gasteiger partial charge in [0.05, 0.1) is 18.3 Å². The van der Waals surface area contributed by atoms with E-state index in [0.717, 1.165) is 12.0 Å². The molecular formula is C17H31IN4O2S. The lowest BCUT2D eigenvalue weighted by Crippen LogP contribution is -2.39. The Hall–Kier alpha value is -0.870. The molecule has 0 saturated carbocycles. The molecule has 0 spiro atoms. The molecule has 0 aliphatic carbocycles. The first-order chi connectivity index (χ1) is 11.2.